The molecule has 0 aromatic carbocycles. The summed E-state index contributed by atoms with van der Waals surface area (Å²) >= 11 is 0. The minimum absolute atomic E-state index is 0.0120. The summed E-state index contributed by atoms with van der Waals surface area (Å²) in [5, 5.41) is 13.3. The summed E-state index contributed by atoms with van der Waals surface area (Å²) in [5.74, 6) is -0.847. The Morgan fingerprint density at radius 1 is 1.47 bits per heavy atom. The lowest BCUT2D eigenvalue weighted by Crippen LogP contribution is -2.10. The van der Waals surface area contributed by atoms with Gasteiger partial charge in [-0.05, 0) is 20.3 Å². The van der Waals surface area contributed by atoms with Gasteiger partial charge in [0.05, 0.1) is 12.1 Å². The third-order valence-corrected chi connectivity index (χ3v) is 2.90. The van der Waals surface area contributed by atoms with Gasteiger partial charge in [-0.1, -0.05) is 6.92 Å². The predicted molar refractivity (Wildman–Crippen MR) is 63.2 cm³/mol. The molecular weight excluding hydrogens is 218 g/mol. The fraction of sp³-hybridized carbons (Fsp3) is 0.417. The monoisotopic (exact) mass is 233 g/mol. The van der Waals surface area contributed by atoms with Gasteiger partial charge in [0.15, 0.2) is 5.65 Å². The van der Waals surface area contributed by atoms with Crippen molar-refractivity contribution >= 4 is 11.6 Å². The van der Waals surface area contributed by atoms with Gasteiger partial charge in [-0.3, -0.25) is 4.79 Å². The van der Waals surface area contributed by atoms with Crippen molar-refractivity contribution in [3.05, 3.63) is 28.7 Å². The number of aryl methyl sites for hydroxylation is 3. The highest BCUT2D eigenvalue weighted by atomic mass is 16.4. The van der Waals surface area contributed by atoms with E-state index in [0.29, 0.717) is 0 Å². The molecule has 0 saturated heterocycles. The molecular formula is C12H15N3O2. The first kappa shape index (κ1) is 11.6. The number of aromatic nitrogens is 3. The summed E-state index contributed by atoms with van der Waals surface area (Å²) < 4.78 is 1.73. The molecule has 5 heteroatoms. The van der Waals surface area contributed by atoms with E-state index in [1.807, 2.05) is 26.8 Å². The van der Waals surface area contributed by atoms with Crippen LogP contribution in [0.25, 0.3) is 5.65 Å². The summed E-state index contributed by atoms with van der Waals surface area (Å²) in [7, 11) is 0. The van der Waals surface area contributed by atoms with E-state index in [9.17, 15) is 4.79 Å². The average molecular weight is 233 g/mol. The lowest BCUT2D eigenvalue weighted by Gasteiger charge is -2.08. The van der Waals surface area contributed by atoms with Gasteiger partial charge in [0.1, 0.15) is 0 Å². The minimum Gasteiger partial charge on any atom is -0.481 e. The molecule has 2 aromatic rings. The van der Waals surface area contributed by atoms with Crippen LogP contribution in [0.15, 0.2) is 6.07 Å². The zero-order valence-electron chi connectivity index (χ0n) is 10.2. The summed E-state index contributed by atoms with van der Waals surface area (Å²) in [5.41, 5.74) is 4.11. The summed E-state index contributed by atoms with van der Waals surface area (Å²) in [6.45, 7) is 5.75. The smallest absolute Gasteiger partial charge is 0.307 e. The first-order valence-electron chi connectivity index (χ1n) is 5.59. The van der Waals surface area contributed by atoms with Crippen molar-refractivity contribution in [3.63, 3.8) is 0 Å². The van der Waals surface area contributed by atoms with Gasteiger partial charge in [-0.15, -0.1) is 0 Å². The third-order valence-electron chi connectivity index (χ3n) is 2.90. The number of carboxylic acids is 1. The fourth-order valence-corrected chi connectivity index (χ4v) is 1.95. The first-order chi connectivity index (χ1) is 8.02. The van der Waals surface area contributed by atoms with Crippen molar-refractivity contribution in [1.82, 2.24) is 14.6 Å². The van der Waals surface area contributed by atoms with E-state index in [-0.39, 0.29) is 6.42 Å². The maximum Gasteiger partial charge on any atom is 0.307 e. The van der Waals surface area contributed by atoms with Crippen LogP contribution < -0.4 is 0 Å². The predicted octanol–water partition coefficient (Wildman–Crippen LogP) is 1.54. The van der Waals surface area contributed by atoms with Gasteiger partial charge in [0.25, 0.3) is 0 Å². The van der Waals surface area contributed by atoms with Crippen molar-refractivity contribution in [1.29, 1.82) is 0 Å². The third kappa shape index (κ3) is 2.00. The minimum atomic E-state index is -0.847. The Morgan fingerprint density at radius 2 is 2.18 bits per heavy atom. The molecule has 0 unspecified atom stereocenters. The van der Waals surface area contributed by atoms with Crippen LogP contribution in [0, 0.1) is 13.8 Å². The van der Waals surface area contributed by atoms with Gasteiger partial charge < -0.3 is 5.11 Å². The Balaban J connectivity index is 2.65. The largest absolute Gasteiger partial charge is 0.481 e. The quantitative estimate of drug-likeness (QED) is 0.873. The Bertz CT molecular complexity index is 587. The van der Waals surface area contributed by atoms with Crippen molar-refractivity contribution in [2.45, 2.75) is 33.6 Å². The van der Waals surface area contributed by atoms with E-state index >= 15 is 0 Å². The van der Waals surface area contributed by atoms with Crippen molar-refractivity contribution in [2.75, 3.05) is 0 Å². The van der Waals surface area contributed by atoms with Crippen LogP contribution in [0.2, 0.25) is 0 Å². The number of rotatable bonds is 3. The van der Waals surface area contributed by atoms with Crippen LogP contribution in [0.5, 0.6) is 0 Å². The Kier molecular flexibility index (Phi) is 2.83. The maximum atomic E-state index is 10.8. The number of carbonyl (C=O) groups is 1. The van der Waals surface area contributed by atoms with E-state index in [2.05, 4.69) is 10.1 Å². The molecule has 0 saturated carbocycles. The molecule has 0 radical (unpaired) electrons. The molecule has 0 aliphatic carbocycles. The summed E-state index contributed by atoms with van der Waals surface area (Å²) in [6, 6.07) is 1.94. The lowest BCUT2D eigenvalue weighted by molar-refractivity contribution is -0.136. The van der Waals surface area contributed by atoms with Gasteiger partial charge in [0, 0.05) is 23.0 Å². The molecule has 0 spiro atoms. The van der Waals surface area contributed by atoms with Crippen LogP contribution in [-0.2, 0) is 17.6 Å². The van der Waals surface area contributed by atoms with E-state index in [1.165, 1.54) is 0 Å². The SMILES string of the molecule is CCc1cc2nc(C)c(CC(=O)O)c(C)n2n1. The van der Waals surface area contributed by atoms with Crippen molar-refractivity contribution in [3.8, 4) is 0 Å². The van der Waals surface area contributed by atoms with Crippen molar-refractivity contribution in [2.24, 2.45) is 0 Å². The van der Waals surface area contributed by atoms with Gasteiger partial charge in [-0.25, -0.2) is 9.50 Å². The number of carboxylic acid groups (broad SMARTS) is 1. The fourth-order valence-electron chi connectivity index (χ4n) is 1.95. The maximum absolute atomic E-state index is 10.8. The number of hydrogen-bond donors (Lipinski definition) is 1. The highest BCUT2D eigenvalue weighted by Crippen LogP contribution is 2.16. The van der Waals surface area contributed by atoms with Crippen LogP contribution >= 0.6 is 0 Å². The Morgan fingerprint density at radius 3 is 2.76 bits per heavy atom. The molecule has 0 atom stereocenters. The summed E-state index contributed by atoms with van der Waals surface area (Å²) in [4.78, 5) is 15.2. The highest BCUT2D eigenvalue weighted by Gasteiger charge is 2.13. The first-order valence-corrected chi connectivity index (χ1v) is 5.59. The molecule has 0 fully saturated rings. The van der Waals surface area contributed by atoms with Gasteiger partial charge >= 0.3 is 5.97 Å². The zero-order valence-corrected chi connectivity index (χ0v) is 10.2. The molecule has 0 aliphatic heterocycles. The number of fused-ring (bicyclic) bond motifs is 1. The second kappa shape index (κ2) is 4.16. The van der Waals surface area contributed by atoms with E-state index in [4.69, 9.17) is 5.11 Å². The molecule has 2 aromatic heterocycles. The topological polar surface area (TPSA) is 67.5 Å². The summed E-state index contributed by atoms with van der Waals surface area (Å²) in [6.07, 6.45) is 0.831. The Labute approximate surface area is 99.1 Å². The molecule has 2 heterocycles. The molecule has 2 rings (SSSR count). The standard InChI is InChI=1S/C12H15N3O2/c1-4-9-5-11-13-7(2)10(6-12(16)17)8(3)15(11)14-9/h5H,4,6H2,1-3H3,(H,16,17). The number of nitrogens with zero attached hydrogens (tertiary/aromatic N) is 3. The van der Waals surface area contributed by atoms with E-state index in [0.717, 1.165) is 34.7 Å². The molecule has 0 amide bonds. The van der Waals surface area contributed by atoms with Crippen molar-refractivity contribution < 1.29 is 9.90 Å². The number of hydrogen-bond acceptors (Lipinski definition) is 3. The lowest BCUT2D eigenvalue weighted by atomic mass is 10.1. The molecule has 1 N–H and O–H groups in total. The van der Waals surface area contributed by atoms with Crippen LogP contribution in [0.3, 0.4) is 0 Å². The second-order valence-electron chi connectivity index (χ2n) is 4.09. The molecule has 17 heavy (non-hydrogen) atoms. The highest BCUT2D eigenvalue weighted by molar-refractivity contribution is 5.71. The van der Waals surface area contributed by atoms with Crippen LogP contribution in [0.4, 0.5) is 0 Å². The Hall–Kier alpha value is -1.91. The molecule has 0 aliphatic rings. The zero-order chi connectivity index (χ0) is 12.6. The number of aliphatic carboxylic acids is 1. The van der Waals surface area contributed by atoms with E-state index < -0.39 is 5.97 Å². The van der Waals surface area contributed by atoms with Gasteiger partial charge in [0.2, 0.25) is 0 Å². The van der Waals surface area contributed by atoms with E-state index in [1.54, 1.807) is 4.52 Å². The molecule has 90 valence electrons. The van der Waals surface area contributed by atoms with Gasteiger partial charge in [-0.2, -0.15) is 5.10 Å². The normalized spacial score (nSPS) is 11.0. The van der Waals surface area contributed by atoms with Crippen LogP contribution in [-0.4, -0.2) is 25.7 Å². The second-order valence-corrected chi connectivity index (χ2v) is 4.09. The van der Waals surface area contributed by atoms with Crippen LogP contribution in [0.1, 0.15) is 29.6 Å². The average Bonchev–Trinajstić information content (AvgIpc) is 2.67. The molecule has 0 bridgehead atoms. The molecule has 5 nitrogen and oxygen atoms in total.